The standard InChI is InChI=1S/C31H34ClN7O4/c1-37(2)11-5-6-29(40)38-12-8-21(9-13-38)39-25-17-28(36-27-7-10-33-19-35-27)34-18-20(25)14-24(31(39)41)23-15-22(42-3)16-26(43-4)30(23)32/h5-7,10,14-19,21H,8-9,11-13H2,1-4H3,(H,33,34,35,36)/b6-5+. The predicted octanol–water partition coefficient (Wildman–Crippen LogP) is 4.55. The average Bonchev–Trinajstić information content (AvgIpc) is 3.01. The van der Waals surface area contributed by atoms with Crippen LogP contribution in [0.5, 0.6) is 11.5 Å². The van der Waals surface area contributed by atoms with Crippen molar-refractivity contribution in [1.82, 2.24) is 29.3 Å². The molecule has 0 spiro atoms. The second-order valence-corrected chi connectivity index (χ2v) is 10.9. The lowest BCUT2D eigenvalue weighted by Crippen LogP contribution is -2.40. The van der Waals surface area contributed by atoms with Gasteiger partial charge in [0, 0.05) is 72.8 Å². The molecule has 4 aromatic rings. The number of anilines is 2. The zero-order valence-electron chi connectivity index (χ0n) is 24.6. The lowest BCUT2D eigenvalue weighted by Gasteiger charge is -2.33. The number of likely N-dealkylation sites (N-methyl/N-ethyl adjacent to an activating group) is 1. The number of methoxy groups -OCH3 is 2. The van der Waals surface area contributed by atoms with Crippen LogP contribution in [0.2, 0.25) is 5.02 Å². The fourth-order valence-electron chi connectivity index (χ4n) is 5.20. The highest BCUT2D eigenvalue weighted by atomic mass is 35.5. The van der Waals surface area contributed by atoms with E-state index in [-0.39, 0.29) is 17.5 Å². The summed E-state index contributed by atoms with van der Waals surface area (Å²) in [5, 5.41) is 4.25. The number of amides is 1. The first kappa shape index (κ1) is 30.0. The van der Waals surface area contributed by atoms with Gasteiger partial charge in [0.15, 0.2) is 0 Å². The Morgan fingerprint density at radius 2 is 1.88 bits per heavy atom. The maximum Gasteiger partial charge on any atom is 0.259 e. The molecule has 11 nitrogen and oxygen atoms in total. The molecule has 12 heteroatoms. The third kappa shape index (κ3) is 6.63. The highest BCUT2D eigenvalue weighted by Crippen LogP contribution is 2.39. The van der Waals surface area contributed by atoms with Crippen LogP contribution in [0.25, 0.3) is 22.0 Å². The van der Waals surface area contributed by atoms with Gasteiger partial charge in [-0.05, 0) is 45.1 Å². The molecule has 0 atom stereocenters. The Kier molecular flexibility index (Phi) is 9.22. The van der Waals surface area contributed by atoms with Crippen molar-refractivity contribution in [2.45, 2.75) is 18.9 Å². The molecule has 1 fully saturated rings. The molecule has 1 aliphatic rings. The van der Waals surface area contributed by atoms with Crippen molar-refractivity contribution in [2.75, 3.05) is 53.3 Å². The number of nitrogens with one attached hydrogen (secondary N) is 1. The lowest BCUT2D eigenvalue weighted by molar-refractivity contribution is -0.127. The average molecular weight is 604 g/mol. The summed E-state index contributed by atoms with van der Waals surface area (Å²) < 4.78 is 12.8. The number of piperidine rings is 1. The Morgan fingerprint density at radius 1 is 1.09 bits per heavy atom. The van der Waals surface area contributed by atoms with Gasteiger partial charge >= 0.3 is 0 Å². The Labute approximate surface area is 254 Å². The Hall–Kier alpha value is -4.48. The van der Waals surface area contributed by atoms with Crippen molar-refractivity contribution >= 4 is 40.0 Å². The quantitative estimate of drug-likeness (QED) is 0.275. The van der Waals surface area contributed by atoms with E-state index in [1.807, 2.05) is 40.6 Å². The molecule has 1 aliphatic heterocycles. The van der Waals surface area contributed by atoms with Gasteiger partial charge < -0.3 is 29.2 Å². The number of hydrogen-bond donors (Lipinski definition) is 1. The van der Waals surface area contributed by atoms with E-state index < -0.39 is 0 Å². The van der Waals surface area contributed by atoms with Gasteiger partial charge in [-0.3, -0.25) is 9.59 Å². The number of benzene rings is 1. The van der Waals surface area contributed by atoms with Gasteiger partial charge in [0.05, 0.1) is 24.8 Å². The number of aromatic nitrogens is 4. The summed E-state index contributed by atoms with van der Waals surface area (Å²) in [5.41, 5.74) is 1.40. The molecule has 3 aromatic heterocycles. The monoisotopic (exact) mass is 603 g/mol. The van der Waals surface area contributed by atoms with Crippen LogP contribution in [0.3, 0.4) is 0 Å². The second kappa shape index (κ2) is 13.2. The number of rotatable bonds is 9. The van der Waals surface area contributed by atoms with E-state index in [1.165, 1.54) is 13.4 Å². The number of nitrogens with zero attached hydrogens (tertiary/aromatic N) is 6. The minimum absolute atomic E-state index is 0.0259. The SMILES string of the molecule is COc1cc(OC)c(Cl)c(-c2cc3cnc(Nc4ccncn4)cc3n(C3CCN(C(=O)/C=C/CN(C)C)CC3)c2=O)c1. The molecular weight excluding hydrogens is 570 g/mol. The van der Waals surface area contributed by atoms with E-state index in [9.17, 15) is 9.59 Å². The number of likely N-dealkylation sites (tertiary alicyclic amines) is 1. The van der Waals surface area contributed by atoms with Crippen molar-refractivity contribution in [3.63, 3.8) is 0 Å². The summed E-state index contributed by atoms with van der Waals surface area (Å²) in [4.78, 5) is 43.8. The topological polar surface area (TPSA) is 115 Å². The molecule has 1 aromatic carbocycles. The van der Waals surface area contributed by atoms with Crippen molar-refractivity contribution < 1.29 is 14.3 Å². The van der Waals surface area contributed by atoms with E-state index in [4.69, 9.17) is 21.1 Å². The molecule has 0 radical (unpaired) electrons. The van der Waals surface area contributed by atoms with Crippen LogP contribution in [-0.4, -0.2) is 83.2 Å². The normalized spacial score (nSPS) is 14.0. The van der Waals surface area contributed by atoms with Gasteiger partial charge in [0.1, 0.15) is 29.5 Å². The van der Waals surface area contributed by atoms with E-state index >= 15 is 0 Å². The first-order chi connectivity index (χ1) is 20.8. The summed E-state index contributed by atoms with van der Waals surface area (Å²) in [6.07, 6.45) is 9.50. The number of hydrogen-bond acceptors (Lipinski definition) is 9. The van der Waals surface area contributed by atoms with Crippen LogP contribution in [0.4, 0.5) is 11.6 Å². The third-order valence-corrected chi connectivity index (χ3v) is 7.78. The smallest absolute Gasteiger partial charge is 0.259 e. The number of fused-ring (bicyclic) bond motifs is 1. The summed E-state index contributed by atoms with van der Waals surface area (Å²) in [6.45, 7) is 1.74. The highest BCUT2D eigenvalue weighted by molar-refractivity contribution is 6.35. The number of pyridine rings is 2. The van der Waals surface area contributed by atoms with Gasteiger partial charge in [0.2, 0.25) is 5.91 Å². The fourth-order valence-corrected chi connectivity index (χ4v) is 5.49. The number of carbonyl (C=O) groups is 1. The van der Waals surface area contributed by atoms with E-state index in [1.54, 1.807) is 49.8 Å². The first-order valence-corrected chi connectivity index (χ1v) is 14.3. The lowest BCUT2D eigenvalue weighted by atomic mass is 10.00. The maximum absolute atomic E-state index is 14.4. The molecule has 1 saturated heterocycles. The maximum atomic E-state index is 14.4. The Bertz CT molecular complexity index is 1700. The van der Waals surface area contributed by atoms with E-state index in [0.717, 1.165) is 5.39 Å². The largest absolute Gasteiger partial charge is 0.497 e. The zero-order valence-corrected chi connectivity index (χ0v) is 25.3. The fraction of sp³-hybridized carbons (Fsp3) is 0.323. The van der Waals surface area contributed by atoms with Gasteiger partial charge in [-0.25, -0.2) is 15.0 Å². The summed E-state index contributed by atoms with van der Waals surface area (Å²) in [5.74, 6) is 2.00. The highest BCUT2D eigenvalue weighted by Gasteiger charge is 2.27. The minimum Gasteiger partial charge on any atom is -0.497 e. The van der Waals surface area contributed by atoms with Crippen molar-refractivity contribution in [2.24, 2.45) is 0 Å². The minimum atomic E-state index is -0.209. The van der Waals surface area contributed by atoms with Gasteiger partial charge in [-0.2, -0.15) is 0 Å². The van der Waals surface area contributed by atoms with Crippen LogP contribution in [0.15, 0.2) is 66.0 Å². The molecule has 0 unspecified atom stereocenters. The molecule has 1 amide bonds. The molecule has 0 saturated carbocycles. The number of halogens is 1. The van der Waals surface area contributed by atoms with E-state index in [2.05, 4.69) is 20.3 Å². The molecule has 43 heavy (non-hydrogen) atoms. The molecule has 0 aliphatic carbocycles. The van der Waals surface area contributed by atoms with E-state index in [0.29, 0.717) is 77.3 Å². The molecule has 1 N–H and O–H groups in total. The summed E-state index contributed by atoms with van der Waals surface area (Å²) in [7, 11) is 6.97. The number of carbonyl (C=O) groups excluding carboxylic acids is 1. The van der Waals surface area contributed by atoms with Gasteiger partial charge in [0.25, 0.3) is 5.56 Å². The van der Waals surface area contributed by atoms with Crippen LogP contribution in [-0.2, 0) is 4.79 Å². The molecular formula is C31H34ClN7O4. The summed E-state index contributed by atoms with van der Waals surface area (Å²) in [6, 6.07) is 8.63. The van der Waals surface area contributed by atoms with Gasteiger partial charge in [-0.15, -0.1) is 0 Å². The number of ether oxygens (including phenoxy) is 2. The van der Waals surface area contributed by atoms with Crippen LogP contribution >= 0.6 is 11.6 Å². The second-order valence-electron chi connectivity index (χ2n) is 10.5. The zero-order chi connectivity index (χ0) is 30.5. The Morgan fingerprint density at radius 3 is 2.56 bits per heavy atom. The molecule has 224 valence electrons. The summed E-state index contributed by atoms with van der Waals surface area (Å²) >= 11 is 6.74. The van der Waals surface area contributed by atoms with Crippen molar-refractivity contribution in [3.8, 4) is 22.6 Å². The molecule has 0 bridgehead atoms. The first-order valence-electron chi connectivity index (χ1n) is 13.9. The Balaban J connectivity index is 1.58. The van der Waals surface area contributed by atoms with Crippen molar-refractivity contribution in [3.05, 3.63) is 76.6 Å². The van der Waals surface area contributed by atoms with Crippen LogP contribution in [0, 0.1) is 0 Å². The third-order valence-electron chi connectivity index (χ3n) is 7.39. The van der Waals surface area contributed by atoms with Crippen LogP contribution in [0.1, 0.15) is 18.9 Å². The van der Waals surface area contributed by atoms with Gasteiger partial charge in [-0.1, -0.05) is 17.7 Å². The molecule has 4 heterocycles. The van der Waals surface area contributed by atoms with Crippen molar-refractivity contribution in [1.29, 1.82) is 0 Å². The molecule has 5 rings (SSSR count). The van der Waals surface area contributed by atoms with Crippen LogP contribution < -0.4 is 20.3 Å². The predicted molar refractivity (Wildman–Crippen MR) is 167 cm³/mol.